The van der Waals surface area contributed by atoms with Gasteiger partial charge in [0.1, 0.15) is 5.82 Å². The van der Waals surface area contributed by atoms with Crippen molar-refractivity contribution < 1.29 is 0 Å². The summed E-state index contributed by atoms with van der Waals surface area (Å²) in [5.74, 6) is 0.555. The van der Waals surface area contributed by atoms with E-state index in [9.17, 15) is 4.79 Å². The molecule has 0 saturated carbocycles. The molecule has 0 unspecified atom stereocenters. The number of rotatable bonds is 3. The number of aromatic nitrogens is 2. The van der Waals surface area contributed by atoms with Gasteiger partial charge in [0.05, 0.1) is 16.6 Å². The van der Waals surface area contributed by atoms with Crippen molar-refractivity contribution in [1.82, 2.24) is 9.55 Å². The van der Waals surface area contributed by atoms with Crippen LogP contribution < -0.4 is 5.56 Å². The summed E-state index contributed by atoms with van der Waals surface area (Å²) in [5.41, 5.74) is 2.22. The Morgan fingerprint density at radius 3 is 2.31 bits per heavy atom. The van der Waals surface area contributed by atoms with Crippen LogP contribution in [0.2, 0.25) is 5.02 Å². The van der Waals surface area contributed by atoms with Crippen LogP contribution in [0.15, 0.2) is 83.7 Å². The smallest absolute Gasteiger partial charge is 0.266 e. The Labute approximate surface area is 155 Å². The largest absolute Gasteiger partial charge is 0.268 e. The summed E-state index contributed by atoms with van der Waals surface area (Å²) >= 11 is 6.23. The standard InChI is InChI=1S/C22H15ClN2O/c23-19-12-6-4-8-16(19)14-15-21-24-20-13-7-5-11-18(20)22(26)25(21)17-9-2-1-3-10-17/h1-15H/b15-14-. The van der Waals surface area contributed by atoms with E-state index in [0.717, 1.165) is 11.3 Å². The van der Waals surface area contributed by atoms with Crippen LogP contribution in [0.5, 0.6) is 0 Å². The maximum absolute atomic E-state index is 13.1. The summed E-state index contributed by atoms with van der Waals surface area (Å²) in [6, 6.07) is 24.4. The molecule has 0 amide bonds. The van der Waals surface area contributed by atoms with Crippen molar-refractivity contribution in [3.8, 4) is 5.69 Å². The van der Waals surface area contributed by atoms with E-state index >= 15 is 0 Å². The summed E-state index contributed by atoms with van der Waals surface area (Å²) in [4.78, 5) is 17.8. The number of nitrogens with zero attached hydrogens (tertiary/aromatic N) is 2. The summed E-state index contributed by atoms with van der Waals surface area (Å²) in [6.45, 7) is 0. The first-order chi connectivity index (χ1) is 12.7. The summed E-state index contributed by atoms with van der Waals surface area (Å²) in [5, 5.41) is 1.24. The molecular formula is C22H15ClN2O. The third kappa shape index (κ3) is 3.05. The molecule has 0 bridgehead atoms. The second-order valence-electron chi connectivity index (χ2n) is 5.82. The van der Waals surface area contributed by atoms with Crippen molar-refractivity contribution >= 4 is 34.7 Å². The molecule has 4 heteroatoms. The monoisotopic (exact) mass is 358 g/mol. The average Bonchev–Trinajstić information content (AvgIpc) is 2.68. The molecule has 4 aromatic rings. The number of fused-ring (bicyclic) bond motifs is 1. The first-order valence-electron chi connectivity index (χ1n) is 8.24. The van der Waals surface area contributed by atoms with E-state index in [1.54, 1.807) is 10.6 Å². The van der Waals surface area contributed by atoms with Gasteiger partial charge in [-0.2, -0.15) is 0 Å². The van der Waals surface area contributed by atoms with E-state index in [2.05, 4.69) is 0 Å². The van der Waals surface area contributed by atoms with Crippen LogP contribution in [-0.4, -0.2) is 9.55 Å². The molecule has 1 heterocycles. The fourth-order valence-corrected chi connectivity index (χ4v) is 3.06. The Balaban J connectivity index is 1.96. The maximum atomic E-state index is 13.1. The van der Waals surface area contributed by atoms with Crippen molar-refractivity contribution in [1.29, 1.82) is 0 Å². The van der Waals surface area contributed by atoms with Crippen molar-refractivity contribution in [3.05, 3.63) is 106 Å². The lowest BCUT2D eigenvalue weighted by Crippen LogP contribution is -2.22. The number of benzene rings is 3. The molecule has 0 spiro atoms. The van der Waals surface area contributed by atoms with Crippen LogP contribution >= 0.6 is 11.6 Å². The summed E-state index contributed by atoms with van der Waals surface area (Å²) in [7, 11) is 0. The van der Waals surface area contributed by atoms with Crippen molar-refractivity contribution in [2.45, 2.75) is 0 Å². The van der Waals surface area contributed by atoms with Gasteiger partial charge in [-0.05, 0) is 48.0 Å². The van der Waals surface area contributed by atoms with Gasteiger partial charge < -0.3 is 0 Å². The molecule has 0 atom stereocenters. The number of hydrogen-bond donors (Lipinski definition) is 0. The molecule has 0 radical (unpaired) electrons. The highest BCUT2D eigenvalue weighted by molar-refractivity contribution is 6.32. The first-order valence-corrected chi connectivity index (χ1v) is 8.62. The molecule has 0 aliphatic rings. The van der Waals surface area contributed by atoms with E-state index < -0.39 is 0 Å². The SMILES string of the molecule is O=c1c2ccccc2nc(/C=C\c2ccccc2Cl)n1-c1ccccc1. The number of hydrogen-bond acceptors (Lipinski definition) is 2. The predicted octanol–water partition coefficient (Wildman–Crippen LogP) is 5.21. The zero-order chi connectivity index (χ0) is 17.9. The molecule has 3 nitrogen and oxygen atoms in total. The van der Waals surface area contributed by atoms with Crippen LogP contribution in [0.4, 0.5) is 0 Å². The van der Waals surface area contributed by atoms with Gasteiger partial charge in [-0.1, -0.05) is 60.1 Å². The van der Waals surface area contributed by atoms with Gasteiger partial charge in [-0.15, -0.1) is 0 Å². The molecule has 0 fully saturated rings. The van der Waals surface area contributed by atoms with Crippen LogP contribution in [0.25, 0.3) is 28.7 Å². The normalized spacial score (nSPS) is 11.3. The van der Waals surface area contributed by atoms with Crippen molar-refractivity contribution in [2.24, 2.45) is 0 Å². The highest BCUT2D eigenvalue weighted by atomic mass is 35.5. The highest BCUT2D eigenvalue weighted by Crippen LogP contribution is 2.19. The Kier molecular flexibility index (Phi) is 4.38. The van der Waals surface area contributed by atoms with Crippen molar-refractivity contribution in [2.75, 3.05) is 0 Å². The molecule has 1 aromatic heterocycles. The van der Waals surface area contributed by atoms with Gasteiger partial charge in [-0.25, -0.2) is 4.98 Å². The Hall–Kier alpha value is -3.17. The zero-order valence-corrected chi connectivity index (χ0v) is 14.6. The fraction of sp³-hybridized carbons (Fsp3) is 0. The van der Waals surface area contributed by atoms with Crippen LogP contribution in [0.1, 0.15) is 11.4 Å². The first kappa shape index (κ1) is 16.3. The Bertz CT molecular complexity index is 1160. The van der Waals surface area contributed by atoms with Crippen LogP contribution in [0.3, 0.4) is 0 Å². The molecule has 4 rings (SSSR count). The lowest BCUT2D eigenvalue weighted by molar-refractivity contribution is 0.944. The van der Waals surface area contributed by atoms with Gasteiger partial charge in [-0.3, -0.25) is 9.36 Å². The van der Waals surface area contributed by atoms with Crippen molar-refractivity contribution in [3.63, 3.8) is 0 Å². The predicted molar refractivity (Wildman–Crippen MR) is 108 cm³/mol. The zero-order valence-electron chi connectivity index (χ0n) is 13.8. The van der Waals surface area contributed by atoms with E-state index in [1.165, 1.54) is 0 Å². The van der Waals surface area contributed by atoms with E-state index in [4.69, 9.17) is 16.6 Å². The molecule has 0 saturated heterocycles. The number of halogens is 1. The minimum Gasteiger partial charge on any atom is -0.268 e. The summed E-state index contributed by atoms with van der Waals surface area (Å²) < 4.78 is 1.62. The molecule has 3 aromatic carbocycles. The minimum absolute atomic E-state index is 0.0967. The highest BCUT2D eigenvalue weighted by Gasteiger charge is 2.10. The number of para-hydroxylation sites is 2. The topological polar surface area (TPSA) is 34.9 Å². The molecular weight excluding hydrogens is 344 g/mol. The lowest BCUT2D eigenvalue weighted by atomic mass is 10.2. The third-order valence-electron chi connectivity index (χ3n) is 4.13. The molecule has 0 aliphatic heterocycles. The summed E-state index contributed by atoms with van der Waals surface area (Å²) in [6.07, 6.45) is 3.69. The molecule has 0 aliphatic carbocycles. The second-order valence-corrected chi connectivity index (χ2v) is 6.23. The van der Waals surface area contributed by atoms with E-state index in [0.29, 0.717) is 21.7 Å². The molecule has 126 valence electrons. The van der Waals surface area contributed by atoms with Gasteiger partial charge in [0.25, 0.3) is 5.56 Å². The van der Waals surface area contributed by atoms with Gasteiger partial charge in [0.15, 0.2) is 0 Å². The van der Waals surface area contributed by atoms with Gasteiger partial charge in [0.2, 0.25) is 0 Å². The minimum atomic E-state index is -0.0967. The molecule has 0 N–H and O–H groups in total. The van der Waals surface area contributed by atoms with E-state index in [-0.39, 0.29) is 5.56 Å². The van der Waals surface area contributed by atoms with Gasteiger partial charge >= 0.3 is 0 Å². The lowest BCUT2D eigenvalue weighted by Gasteiger charge is -2.11. The third-order valence-corrected chi connectivity index (χ3v) is 4.48. The Morgan fingerprint density at radius 1 is 0.808 bits per heavy atom. The average molecular weight is 359 g/mol. The Morgan fingerprint density at radius 2 is 1.50 bits per heavy atom. The fourth-order valence-electron chi connectivity index (χ4n) is 2.86. The maximum Gasteiger partial charge on any atom is 0.266 e. The van der Waals surface area contributed by atoms with Gasteiger partial charge in [0, 0.05) is 5.02 Å². The van der Waals surface area contributed by atoms with Crippen LogP contribution in [0, 0.1) is 0 Å². The second kappa shape index (κ2) is 6.98. The molecule has 26 heavy (non-hydrogen) atoms. The van der Waals surface area contributed by atoms with Crippen LogP contribution in [-0.2, 0) is 0 Å². The quantitative estimate of drug-likeness (QED) is 0.504. The van der Waals surface area contributed by atoms with E-state index in [1.807, 2.05) is 84.9 Å².